The molecule has 0 bridgehead atoms. The highest BCUT2D eigenvalue weighted by Crippen LogP contribution is 2.27. The van der Waals surface area contributed by atoms with Gasteiger partial charge in [-0.05, 0) is 24.6 Å². The summed E-state index contributed by atoms with van der Waals surface area (Å²) in [5, 5.41) is 0. The first-order chi connectivity index (χ1) is 6.90. The van der Waals surface area contributed by atoms with Crippen molar-refractivity contribution in [2.75, 3.05) is 18.9 Å². The van der Waals surface area contributed by atoms with Crippen molar-refractivity contribution in [2.24, 2.45) is 5.73 Å². The van der Waals surface area contributed by atoms with E-state index in [0.717, 1.165) is 30.3 Å². The lowest BCUT2D eigenvalue weighted by Crippen LogP contribution is -2.03. The van der Waals surface area contributed by atoms with Crippen molar-refractivity contribution in [1.82, 2.24) is 0 Å². The minimum absolute atomic E-state index is 0.715. The fraction of sp³-hybridized carbons (Fsp3) is 0.455. The number of rotatable bonds is 2. The SMILES string of the molecule is NCCc1ccc2c(c1)CSCCO2. The summed E-state index contributed by atoms with van der Waals surface area (Å²) in [6, 6.07) is 6.41. The monoisotopic (exact) mass is 209 g/mol. The lowest BCUT2D eigenvalue weighted by Gasteiger charge is -2.08. The van der Waals surface area contributed by atoms with Crippen LogP contribution in [-0.4, -0.2) is 18.9 Å². The molecule has 2 rings (SSSR count). The molecule has 0 spiro atoms. The molecule has 2 nitrogen and oxygen atoms in total. The second-order valence-electron chi connectivity index (χ2n) is 3.38. The van der Waals surface area contributed by atoms with Crippen molar-refractivity contribution < 1.29 is 4.74 Å². The quantitative estimate of drug-likeness (QED) is 0.807. The molecule has 2 N–H and O–H groups in total. The molecule has 76 valence electrons. The molecular weight excluding hydrogens is 194 g/mol. The molecule has 0 fully saturated rings. The summed E-state index contributed by atoms with van der Waals surface area (Å²) in [6.07, 6.45) is 0.956. The fourth-order valence-corrected chi connectivity index (χ4v) is 2.39. The van der Waals surface area contributed by atoms with E-state index in [9.17, 15) is 0 Å². The Morgan fingerprint density at radius 3 is 3.21 bits per heavy atom. The normalized spacial score (nSPS) is 15.5. The molecular formula is C11H15NOS. The molecule has 1 aromatic rings. The maximum absolute atomic E-state index is 5.63. The van der Waals surface area contributed by atoms with Crippen molar-refractivity contribution >= 4 is 11.8 Å². The molecule has 0 atom stereocenters. The first-order valence-electron chi connectivity index (χ1n) is 4.92. The molecule has 0 saturated carbocycles. The largest absolute Gasteiger partial charge is 0.492 e. The number of nitrogens with two attached hydrogens (primary N) is 1. The molecule has 14 heavy (non-hydrogen) atoms. The number of fused-ring (bicyclic) bond motifs is 1. The van der Waals surface area contributed by atoms with E-state index >= 15 is 0 Å². The molecule has 3 heteroatoms. The van der Waals surface area contributed by atoms with E-state index in [1.807, 2.05) is 11.8 Å². The van der Waals surface area contributed by atoms with Crippen LogP contribution in [0.2, 0.25) is 0 Å². The van der Waals surface area contributed by atoms with Crippen LogP contribution in [0, 0.1) is 0 Å². The zero-order chi connectivity index (χ0) is 9.80. The molecule has 1 heterocycles. The van der Waals surface area contributed by atoms with Gasteiger partial charge in [0.25, 0.3) is 0 Å². The zero-order valence-electron chi connectivity index (χ0n) is 8.16. The Bertz CT molecular complexity index is 314. The van der Waals surface area contributed by atoms with Crippen LogP contribution in [0.3, 0.4) is 0 Å². The van der Waals surface area contributed by atoms with Crippen LogP contribution < -0.4 is 10.5 Å². The van der Waals surface area contributed by atoms with Crippen molar-refractivity contribution in [1.29, 1.82) is 0 Å². The minimum Gasteiger partial charge on any atom is -0.492 e. The molecule has 0 unspecified atom stereocenters. The van der Waals surface area contributed by atoms with E-state index in [1.165, 1.54) is 11.1 Å². The molecule has 0 radical (unpaired) electrons. The predicted molar refractivity (Wildman–Crippen MR) is 60.9 cm³/mol. The topological polar surface area (TPSA) is 35.2 Å². The average Bonchev–Trinajstić information content (AvgIpc) is 2.42. The highest BCUT2D eigenvalue weighted by molar-refractivity contribution is 7.98. The number of ether oxygens (including phenoxy) is 1. The number of thioether (sulfide) groups is 1. The summed E-state index contributed by atoms with van der Waals surface area (Å²) in [6.45, 7) is 1.54. The second-order valence-corrected chi connectivity index (χ2v) is 4.49. The van der Waals surface area contributed by atoms with Gasteiger partial charge in [0.15, 0.2) is 0 Å². The van der Waals surface area contributed by atoms with Gasteiger partial charge in [0, 0.05) is 17.1 Å². The minimum atomic E-state index is 0.715. The third kappa shape index (κ3) is 2.22. The van der Waals surface area contributed by atoms with Crippen LogP contribution in [0.4, 0.5) is 0 Å². The Morgan fingerprint density at radius 2 is 2.36 bits per heavy atom. The van der Waals surface area contributed by atoms with Gasteiger partial charge < -0.3 is 10.5 Å². The first-order valence-corrected chi connectivity index (χ1v) is 6.08. The molecule has 0 saturated heterocycles. The summed E-state index contributed by atoms with van der Waals surface area (Å²) in [7, 11) is 0. The van der Waals surface area contributed by atoms with E-state index in [1.54, 1.807) is 0 Å². The number of hydrogen-bond donors (Lipinski definition) is 1. The van der Waals surface area contributed by atoms with Crippen molar-refractivity contribution in [3.63, 3.8) is 0 Å². The van der Waals surface area contributed by atoms with Gasteiger partial charge in [0.2, 0.25) is 0 Å². The van der Waals surface area contributed by atoms with Gasteiger partial charge >= 0.3 is 0 Å². The van der Waals surface area contributed by atoms with Crippen LogP contribution in [0.1, 0.15) is 11.1 Å². The highest BCUT2D eigenvalue weighted by atomic mass is 32.2. The molecule has 1 aliphatic rings. The van der Waals surface area contributed by atoms with E-state index in [0.29, 0.717) is 6.54 Å². The van der Waals surface area contributed by atoms with E-state index in [2.05, 4.69) is 18.2 Å². The van der Waals surface area contributed by atoms with E-state index in [4.69, 9.17) is 10.5 Å². The van der Waals surface area contributed by atoms with Gasteiger partial charge in [-0.15, -0.1) is 0 Å². The zero-order valence-corrected chi connectivity index (χ0v) is 8.98. The van der Waals surface area contributed by atoms with E-state index in [-0.39, 0.29) is 0 Å². The smallest absolute Gasteiger partial charge is 0.123 e. The van der Waals surface area contributed by atoms with Crippen LogP contribution in [-0.2, 0) is 12.2 Å². The predicted octanol–water partition coefficient (Wildman–Crippen LogP) is 1.81. The summed E-state index contributed by atoms with van der Waals surface area (Å²) in [5.41, 5.74) is 8.17. The highest BCUT2D eigenvalue weighted by Gasteiger charge is 2.08. The van der Waals surface area contributed by atoms with Gasteiger partial charge in [0.05, 0.1) is 6.61 Å². The third-order valence-corrected chi connectivity index (χ3v) is 3.27. The van der Waals surface area contributed by atoms with Crippen molar-refractivity contribution in [3.8, 4) is 5.75 Å². The maximum Gasteiger partial charge on any atom is 0.123 e. The van der Waals surface area contributed by atoms with Gasteiger partial charge in [0.1, 0.15) is 5.75 Å². The van der Waals surface area contributed by atoms with E-state index < -0.39 is 0 Å². The van der Waals surface area contributed by atoms with Crippen LogP contribution in [0.5, 0.6) is 5.75 Å². The average molecular weight is 209 g/mol. The van der Waals surface area contributed by atoms with Crippen LogP contribution >= 0.6 is 11.8 Å². The Labute approximate surface area is 88.8 Å². The summed E-state index contributed by atoms with van der Waals surface area (Å²) < 4.78 is 5.63. The number of hydrogen-bond acceptors (Lipinski definition) is 3. The lowest BCUT2D eigenvalue weighted by molar-refractivity contribution is 0.343. The fourth-order valence-electron chi connectivity index (χ4n) is 1.60. The summed E-state index contributed by atoms with van der Waals surface area (Å²) >= 11 is 1.93. The van der Waals surface area contributed by atoms with Gasteiger partial charge in [-0.3, -0.25) is 0 Å². The van der Waals surface area contributed by atoms with Crippen LogP contribution in [0.15, 0.2) is 18.2 Å². The Kier molecular flexibility index (Phi) is 3.32. The molecule has 1 aliphatic heterocycles. The summed E-state index contributed by atoms with van der Waals surface area (Å²) in [5.74, 6) is 3.20. The molecule has 0 aliphatic carbocycles. The Morgan fingerprint density at radius 1 is 1.43 bits per heavy atom. The third-order valence-electron chi connectivity index (χ3n) is 2.30. The lowest BCUT2D eigenvalue weighted by atomic mass is 10.1. The van der Waals surface area contributed by atoms with Crippen LogP contribution in [0.25, 0.3) is 0 Å². The van der Waals surface area contributed by atoms with Crippen molar-refractivity contribution in [2.45, 2.75) is 12.2 Å². The Hall–Kier alpha value is -0.670. The number of benzene rings is 1. The summed E-state index contributed by atoms with van der Waals surface area (Å²) in [4.78, 5) is 0. The van der Waals surface area contributed by atoms with Crippen molar-refractivity contribution in [3.05, 3.63) is 29.3 Å². The second kappa shape index (κ2) is 4.71. The maximum atomic E-state index is 5.63. The molecule has 1 aromatic carbocycles. The Balaban J connectivity index is 2.23. The standard InChI is InChI=1S/C11H15NOS/c12-4-3-9-1-2-11-10(7-9)8-14-6-5-13-11/h1-2,7H,3-6,8,12H2. The van der Waals surface area contributed by atoms with Gasteiger partial charge in [-0.2, -0.15) is 11.8 Å². The van der Waals surface area contributed by atoms with Gasteiger partial charge in [-0.1, -0.05) is 12.1 Å². The van der Waals surface area contributed by atoms with Gasteiger partial charge in [-0.25, -0.2) is 0 Å². The molecule has 0 amide bonds. The first kappa shape index (κ1) is 9.87. The molecule has 0 aromatic heterocycles.